The largest absolute Gasteiger partial charge is 0.370 e. The molecule has 5 nitrogen and oxygen atoms in total. The van der Waals surface area contributed by atoms with E-state index >= 15 is 0 Å². The molecule has 20 heavy (non-hydrogen) atoms. The quantitative estimate of drug-likeness (QED) is 0.580. The van der Waals surface area contributed by atoms with Crippen LogP contribution in [0.1, 0.15) is 31.2 Å². The standard InChI is InChI=1S/C14H21N5.ClH/c1-2-12(18-14(17)19-13(15)16)11-8-10(11)9-6-4-3-5-7-9;/h3-7,10-12H,2,8H2,1H3,(H6,15,16,17,18,19);1H/t10-,11+,12?;/m0./s1. The molecule has 1 saturated carbocycles. The van der Waals surface area contributed by atoms with Gasteiger partial charge in [-0.1, -0.05) is 37.3 Å². The van der Waals surface area contributed by atoms with E-state index in [0.717, 1.165) is 12.8 Å². The van der Waals surface area contributed by atoms with Crippen LogP contribution in [0.25, 0.3) is 0 Å². The molecule has 6 heteroatoms. The van der Waals surface area contributed by atoms with Crippen LogP contribution in [0.5, 0.6) is 0 Å². The van der Waals surface area contributed by atoms with Crippen LogP contribution in [-0.4, -0.2) is 18.0 Å². The highest BCUT2D eigenvalue weighted by molar-refractivity contribution is 5.92. The zero-order valence-electron chi connectivity index (χ0n) is 11.6. The van der Waals surface area contributed by atoms with Gasteiger partial charge >= 0.3 is 0 Å². The lowest BCUT2D eigenvalue weighted by atomic mass is 10.0. The zero-order valence-corrected chi connectivity index (χ0v) is 12.4. The third kappa shape index (κ3) is 4.13. The molecule has 3 atom stereocenters. The van der Waals surface area contributed by atoms with E-state index in [1.165, 1.54) is 5.56 Å². The zero-order chi connectivity index (χ0) is 13.8. The highest BCUT2D eigenvalue weighted by atomic mass is 35.5. The van der Waals surface area contributed by atoms with Crippen molar-refractivity contribution in [1.82, 2.24) is 0 Å². The van der Waals surface area contributed by atoms with Crippen molar-refractivity contribution >= 4 is 24.3 Å². The maximum Gasteiger partial charge on any atom is 0.218 e. The van der Waals surface area contributed by atoms with Gasteiger partial charge in [-0.15, -0.1) is 12.4 Å². The summed E-state index contributed by atoms with van der Waals surface area (Å²) in [5, 5.41) is 0. The lowest BCUT2D eigenvalue weighted by molar-refractivity contribution is 0.565. The molecule has 0 saturated heterocycles. The summed E-state index contributed by atoms with van der Waals surface area (Å²) in [6.45, 7) is 2.11. The van der Waals surface area contributed by atoms with Crippen molar-refractivity contribution in [3.8, 4) is 0 Å². The predicted octanol–water partition coefficient (Wildman–Crippen LogP) is 1.58. The van der Waals surface area contributed by atoms with Crippen molar-refractivity contribution in [3.05, 3.63) is 35.9 Å². The number of hydrogen-bond acceptors (Lipinski definition) is 1. The van der Waals surface area contributed by atoms with Gasteiger partial charge in [0.1, 0.15) is 0 Å². The maximum atomic E-state index is 5.70. The van der Waals surface area contributed by atoms with Crippen LogP contribution in [-0.2, 0) is 0 Å². The van der Waals surface area contributed by atoms with Gasteiger partial charge in [0, 0.05) is 0 Å². The lowest BCUT2D eigenvalue weighted by Crippen LogP contribution is -2.27. The number of rotatable bonds is 4. The smallest absolute Gasteiger partial charge is 0.218 e. The Morgan fingerprint density at radius 1 is 1.25 bits per heavy atom. The van der Waals surface area contributed by atoms with E-state index in [-0.39, 0.29) is 30.4 Å². The van der Waals surface area contributed by atoms with E-state index in [2.05, 4.69) is 41.2 Å². The van der Waals surface area contributed by atoms with Crippen LogP contribution in [0.15, 0.2) is 40.3 Å². The summed E-state index contributed by atoms with van der Waals surface area (Å²) in [5.41, 5.74) is 17.7. The summed E-state index contributed by atoms with van der Waals surface area (Å²) in [6, 6.07) is 10.7. The molecule has 0 bridgehead atoms. The average molecular weight is 296 g/mol. The molecule has 1 unspecified atom stereocenters. The first kappa shape index (κ1) is 16.3. The van der Waals surface area contributed by atoms with Crippen LogP contribution < -0.4 is 17.2 Å². The molecular weight excluding hydrogens is 274 g/mol. The minimum absolute atomic E-state index is 0. The van der Waals surface area contributed by atoms with Crippen LogP contribution in [0, 0.1) is 5.92 Å². The molecule has 0 heterocycles. The summed E-state index contributed by atoms with van der Waals surface area (Å²) in [5.74, 6) is 1.25. The normalized spacial score (nSPS) is 22.6. The van der Waals surface area contributed by atoms with E-state index in [9.17, 15) is 0 Å². The lowest BCUT2D eigenvalue weighted by Gasteiger charge is -2.10. The molecule has 1 aliphatic carbocycles. The van der Waals surface area contributed by atoms with Gasteiger partial charge in [0.2, 0.25) is 5.96 Å². The third-order valence-electron chi connectivity index (χ3n) is 3.52. The average Bonchev–Trinajstić information content (AvgIpc) is 3.16. The number of nitrogens with two attached hydrogens (primary N) is 3. The van der Waals surface area contributed by atoms with Crippen LogP contribution >= 0.6 is 12.4 Å². The molecule has 1 aromatic rings. The number of hydrogen-bond donors (Lipinski definition) is 3. The Bertz CT molecular complexity index is 482. The number of guanidine groups is 2. The summed E-state index contributed by atoms with van der Waals surface area (Å²) in [6.07, 6.45) is 2.09. The van der Waals surface area contributed by atoms with Gasteiger partial charge in [-0.3, -0.25) is 0 Å². The number of aliphatic imine (C=N–C) groups is 2. The van der Waals surface area contributed by atoms with Crippen LogP contribution in [0.3, 0.4) is 0 Å². The van der Waals surface area contributed by atoms with Gasteiger partial charge in [-0.25, -0.2) is 4.99 Å². The van der Waals surface area contributed by atoms with Crippen LogP contribution in [0.2, 0.25) is 0 Å². The molecule has 1 fully saturated rings. The first-order valence-corrected chi connectivity index (χ1v) is 6.59. The predicted molar refractivity (Wildman–Crippen MR) is 86.0 cm³/mol. The molecular formula is C14H22ClN5. The highest BCUT2D eigenvalue weighted by Gasteiger charge is 2.43. The monoisotopic (exact) mass is 295 g/mol. The summed E-state index contributed by atoms with van der Waals surface area (Å²) in [4.78, 5) is 8.19. The first-order chi connectivity index (χ1) is 9.11. The van der Waals surface area contributed by atoms with E-state index < -0.39 is 0 Å². The minimum atomic E-state index is -0.0495. The van der Waals surface area contributed by atoms with Crippen molar-refractivity contribution in [2.75, 3.05) is 0 Å². The molecule has 0 aromatic heterocycles. The van der Waals surface area contributed by atoms with Gasteiger partial charge in [-0.05, 0) is 30.2 Å². The fourth-order valence-electron chi connectivity index (χ4n) is 2.54. The summed E-state index contributed by atoms with van der Waals surface area (Å²) < 4.78 is 0. The van der Waals surface area contributed by atoms with Crippen molar-refractivity contribution < 1.29 is 0 Å². The molecule has 1 aliphatic rings. The van der Waals surface area contributed by atoms with Crippen molar-refractivity contribution in [2.24, 2.45) is 33.1 Å². The Balaban J connectivity index is 0.00000200. The Hall–Kier alpha value is -1.75. The second-order valence-corrected chi connectivity index (χ2v) is 4.92. The fraction of sp³-hybridized carbons (Fsp3) is 0.429. The van der Waals surface area contributed by atoms with Crippen molar-refractivity contribution in [2.45, 2.75) is 31.7 Å². The Morgan fingerprint density at radius 2 is 1.90 bits per heavy atom. The van der Waals surface area contributed by atoms with Gasteiger partial charge < -0.3 is 17.2 Å². The molecule has 6 N–H and O–H groups in total. The number of nitrogens with zero attached hydrogens (tertiary/aromatic N) is 2. The van der Waals surface area contributed by atoms with Crippen molar-refractivity contribution in [3.63, 3.8) is 0 Å². The molecule has 0 spiro atoms. The Morgan fingerprint density at radius 3 is 2.45 bits per heavy atom. The van der Waals surface area contributed by atoms with Gasteiger partial charge in [0.25, 0.3) is 0 Å². The summed E-state index contributed by atoms with van der Waals surface area (Å²) in [7, 11) is 0. The molecule has 0 radical (unpaired) electrons. The van der Waals surface area contributed by atoms with Crippen LogP contribution in [0.4, 0.5) is 0 Å². The molecule has 110 valence electrons. The Labute approximate surface area is 125 Å². The minimum Gasteiger partial charge on any atom is -0.370 e. The topological polar surface area (TPSA) is 103 Å². The molecule has 2 rings (SSSR count). The van der Waals surface area contributed by atoms with E-state index in [4.69, 9.17) is 17.2 Å². The van der Waals surface area contributed by atoms with Gasteiger partial charge in [0.15, 0.2) is 5.96 Å². The Kier molecular flexibility index (Phi) is 5.82. The molecule has 0 aliphatic heterocycles. The summed E-state index contributed by atoms with van der Waals surface area (Å²) >= 11 is 0. The van der Waals surface area contributed by atoms with Gasteiger partial charge in [0.05, 0.1) is 6.04 Å². The van der Waals surface area contributed by atoms with E-state index in [0.29, 0.717) is 11.8 Å². The second-order valence-electron chi connectivity index (χ2n) is 4.92. The van der Waals surface area contributed by atoms with Crippen molar-refractivity contribution in [1.29, 1.82) is 0 Å². The molecule has 0 amide bonds. The SMILES string of the molecule is CCC(N=C(N)N=C(N)N)[C@@H]1C[C@H]1c1ccccc1.Cl. The first-order valence-electron chi connectivity index (χ1n) is 6.59. The van der Waals surface area contributed by atoms with E-state index in [1.54, 1.807) is 0 Å². The second kappa shape index (κ2) is 7.14. The molecule has 1 aromatic carbocycles. The highest BCUT2D eigenvalue weighted by Crippen LogP contribution is 2.51. The van der Waals surface area contributed by atoms with E-state index in [1.807, 2.05) is 6.07 Å². The number of halogens is 1. The maximum absolute atomic E-state index is 5.70. The number of benzene rings is 1. The fourth-order valence-corrected chi connectivity index (χ4v) is 2.54. The van der Waals surface area contributed by atoms with Gasteiger partial charge in [-0.2, -0.15) is 4.99 Å². The third-order valence-corrected chi connectivity index (χ3v) is 3.52.